The predicted octanol–water partition coefficient (Wildman–Crippen LogP) is 3.71. The first-order valence-corrected chi connectivity index (χ1v) is 7.64. The van der Waals surface area contributed by atoms with Gasteiger partial charge in [0.2, 0.25) is 0 Å². The zero-order chi connectivity index (χ0) is 14.4. The lowest BCUT2D eigenvalue weighted by Crippen LogP contribution is -2.25. The van der Waals surface area contributed by atoms with E-state index in [1.54, 1.807) is 0 Å². The maximum absolute atomic E-state index is 12.9. The second-order valence-electron chi connectivity index (χ2n) is 6.09. The molecule has 0 bridgehead atoms. The lowest BCUT2D eigenvalue weighted by molar-refractivity contribution is 0.725. The molecule has 1 aromatic carbocycles. The molecule has 0 N–H and O–H groups in total. The van der Waals surface area contributed by atoms with Gasteiger partial charge in [0.05, 0.1) is 11.0 Å². The van der Waals surface area contributed by atoms with Gasteiger partial charge in [-0.3, -0.25) is 4.79 Å². The third-order valence-electron chi connectivity index (χ3n) is 4.29. The van der Waals surface area contributed by atoms with Crippen LogP contribution in [0.3, 0.4) is 0 Å². The molecule has 3 nitrogen and oxygen atoms in total. The highest BCUT2D eigenvalue weighted by Crippen LogP contribution is 2.36. The molecule has 0 radical (unpaired) electrons. The van der Waals surface area contributed by atoms with Gasteiger partial charge in [-0.05, 0) is 37.3 Å². The van der Waals surface area contributed by atoms with Crippen LogP contribution >= 0.6 is 0 Å². The first-order valence-electron chi connectivity index (χ1n) is 7.64. The van der Waals surface area contributed by atoms with E-state index in [1.807, 2.05) is 34.9 Å². The highest BCUT2D eigenvalue weighted by Gasteiger charge is 2.28. The zero-order valence-electron chi connectivity index (χ0n) is 12.1. The summed E-state index contributed by atoms with van der Waals surface area (Å²) in [7, 11) is 0. The van der Waals surface area contributed by atoms with Gasteiger partial charge in [0.15, 0.2) is 0 Å². The monoisotopic (exact) mass is 278 g/mol. The number of para-hydroxylation sites is 2. The number of rotatable bonds is 2. The van der Waals surface area contributed by atoms with E-state index in [9.17, 15) is 4.79 Å². The van der Waals surface area contributed by atoms with Crippen LogP contribution in [0.25, 0.3) is 16.6 Å². The van der Waals surface area contributed by atoms with Gasteiger partial charge >= 0.3 is 0 Å². The van der Waals surface area contributed by atoms with E-state index in [0.717, 1.165) is 35.9 Å². The average Bonchev–Trinajstić information content (AvgIpc) is 3.32. The Labute approximate surface area is 123 Å². The van der Waals surface area contributed by atoms with E-state index >= 15 is 0 Å². The van der Waals surface area contributed by atoms with Gasteiger partial charge < -0.3 is 4.57 Å². The molecule has 1 heterocycles. The fraction of sp³-hybridized carbons (Fsp3) is 0.333. The Bertz CT molecular complexity index is 825. The number of fused-ring (bicyclic) bond motifs is 1. The third kappa shape index (κ3) is 2.13. The van der Waals surface area contributed by atoms with Crippen molar-refractivity contribution in [1.82, 2.24) is 9.55 Å². The highest BCUT2D eigenvalue weighted by molar-refractivity contribution is 5.80. The van der Waals surface area contributed by atoms with Crippen LogP contribution < -0.4 is 5.56 Å². The number of aromatic nitrogens is 2. The van der Waals surface area contributed by atoms with Crippen LogP contribution in [0, 0.1) is 5.92 Å². The second kappa shape index (κ2) is 4.69. The SMILES string of the molecule is CC1C=CC(c2nc3ccccc3n(C3CC3)c2=O)=CC1. The van der Waals surface area contributed by atoms with Crippen molar-refractivity contribution in [1.29, 1.82) is 0 Å². The number of hydrogen-bond donors (Lipinski definition) is 0. The Morgan fingerprint density at radius 2 is 2.05 bits per heavy atom. The Balaban J connectivity index is 1.96. The van der Waals surface area contributed by atoms with Crippen LogP contribution in [0.1, 0.15) is 37.9 Å². The van der Waals surface area contributed by atoms with E-state index in [1.165, 1.54) is 0 Å². The van der Waals surface area contributed by atoms with E-state index in [2.05, 4.69) is 24.1 Å². The van der Waals surface area contributed by atoms with E-state index < -0.39 is 0 Å². The molecule has 0 saturated heterocycles. The molecule has 21 heavy (non-hydrogen) atoms. The fourth-order valence-corrected chi connectivity index (χ4v) is 2.94. The van der Waals surface area contributed by atoms with Gasteiger partial charge in [0.1, 0.15) is 5.69 Å². The largest absolute Gasteiger partial charge is 0.302 e. The summed E-state index contributed by atoms with van der Waals surface area (Å²) >= 11 is 0. The summed E-state index contributed by atoms with van der Waals surface area (Å²) in [5.74, 6) is 0.542. The van der Waals surface area contributed by atoms with Gasteiger partial charge in [-0.15, -0.1) is 0 Å². The molecule has 3 heteroatoms. The maximum atomic E-state index is 12.9. The fourth-order valence-electron chi connectivity index (χ4n) is 2.94. The molecule has 2 aromatic rings. The van der Waals surface area contributed by atoms with Gasteiger partial charge in [-0.1, -0.05) is 37.3 Å². The molecule has 0 aliphatic heterocycles. The molecule has 1 aromatic heterocycles. The van der Waals surface area contributed by atoms with Crippen molar-refractivity contribution in [3.8, 4) is 0 Å². The van der Waals surface area contributed by atoms with Gasteiger partial charge in [0, 0.05) is 11.6 Å². The topological polar surface area (TPSA) is 34.9 Å². The zero-order valence-corrected chi connectivity index (χ0v) is 12.1. The number of hydrogen-bond acceptors (Lipinski definition) is 2. The van der Waals surface area contributed by atoms with Crippen molar-refractivity contribution >= 4 is 16.6 Å². The predicted molar refractivity (Wildman–Crippen MR) is 85.2 cm³/mol. The molecule has 2 aliphatic rings. The van der Waals surface area contributed by atoms with Gasteiger partial charge in [-0.2, -0.15) is 0 Å². The van der Waals surface area contributed by atoms with Crippen molar-refractivity contribution in [3.63, 3.8) is 0 Å². The van der Waals surface area contributed by atoms with Crippen LogP contribution in [0.2, 0.25) is 0 Å². The summed E-state index contributed by atoms with van der Waals surface area (Å²) in [5.41, 5.74) is 3.50. The molecule has 0 amide bonds. The summed E-state index contributed by atoms with van der Waals surface area (Å²) in [6.45, 7) is 2.18. The summed E-state index contributed by atoms with van der Waals surface area (Å²) in [6.07, 6.45) is 9.51. The Morgan fingerprint density at radius 1 is 1.24 bits per heavy atom. The van der Waals surface area contributed by atoms with Crippen LogP contribution in [-0.4, -0.2) is 9.55 Å². The standard InChI is InChI=1S/C18H18N2O/c1-12-6-8-13(9-7-12)17-18(21)20(14-10-11-14)16-5-3-2-4-15(16)19-17/h2-6,8-9,12,14H,7,10-11H2,1H3. The molecule has 1 saturated carbocycles. The second-order valence-corrected chi connectivity index (χ2v) is 6.09. The van der Waals surface area contributed by atoms with Crippen LogP contribution in [0.5, 0.6) is 0 Å². The number of benzene rings is 1. The maximum Gasteiger partial charge on any atom is 0.277 e. The van der Waals surface area contributed by atoms with Crippen molar-refractivity contribution in [3.05, 3.63) is 58.5 Å². The summed E-state index contributed by atoms with van der Waals surface area (Å²) in [4.78, 5) is 17.5. The molecular formula is C18H18N2O. The number of allylic oxidation sites excluding steroid dienone is 4. The summed E-state index contributed by atoms with van der Waals surface area (Å²) < 4.78 is 1.95. The molecule has 1 fully saturated rings. The normalized spacial score (nSPS) is 21.6. The molecule has 1 unspecified atom stereocenters. The minimum absolute atomic E-state index is 0.0571. The molecule has 106 valence electrons. The van der Waals surface area contributed by atoms with Crippen molar-refractivity contribution in [2.24, 2.45) is 5.92 Å². The first-order chi connectivity index (χ1) is 10.2. The van der Waals surface area contributed by atoms with Crippen molar-refractivity contribution < 1.29 is 0 Å². The molecule has 4 rings (SSSR count). The van der Waals surface area contributed by atoms with Crippen LogP contribution in [0.15, 0.2) is 47.3 Å². The molecular weight excluding hydrogens is 260 g/mol. The lowest BCUT2D eigenvalue weighted by Gasteiger charge is -2.14. The Kier molecular flexibility index (Phi) is 2.81. The third-order valence-corrected chi connectivity index (χ3v) is 4.29. The Morgan fingerprint density at radius 3 is 2.76 bits per heavy atom. The quantitative estimate of drug-likeness (QED) is 0.839. The van der Waals surface area contributed by atoms with Gasteiger partial charge in [0.25, 0.3) is 5.56 Å². The van der Waals surface area contributed by atoms with Crippen LogP contribution in [0.4, 0.5) is 0 Å². The minimum Gasteiger partial charge on any atom is -0.302 e. The summed E-state index contributed by atoms with van der Waals surface area (Å²) in [5, 5.41) is 0. The smallest absolute Gasteiger partial charge is 0.277 e. The Hall–Kier alpha value is -2.16. The molecule has 0 spiro atoms. The lowest BCUT2D eigenvalue weighted by atomic mass is 9.97. The van der Waals surface area contributed by atoms with Crippen LogP contribution in [-0.2, 0) is 0 Å². The first kappa shape index (κ1) is 12.6. The van der Waals surface area contributed by atoms with E-state index in [4.69, 9.17) is 0 Å². The average molecular weight is 278 g/mol. The summed E-state index contributed by atoms with van der Waals surface area (Å²) in [6, 6.07) is 8.31. The number of nitrogens with zero attached hydrogens (tertiary/aromatic N) is 2. The van der Waals surface area contributed by atoms with E-state index in [0.29, 0.717) is 17.7 Å². The van der Waals surface area contributed by atoms with E-state index in [-0.39, 0.29) is 5.56 Å². The molecule has 2 aliphatic carbocycles. The molecule has 1 atom stereocenters. The minimum atomic E-state index is 0.0571. The highest BCUT2D eigenvalue weighted by atomic mass is 16.1. The van der Waals surface area contributed by atoms with Crippen molar-refractivity contribution in [2.75, 3.05) is 0 Å². The van der Waals surface area contributed by atoms with Crippen molar-refractivity contribution in [2.45, 2.75) is 32.2 Å². The van der Waals surface area contributed by atoms with Gasteiger partial charge in [-0.25, -0.2) is 4.98 Å².